The smallest absolute Gasteiger partial charge is 0.225 e. The van der Waals surface area contributed by atoms with Crippen LogP contribution in [-0.2, 0) is 4.79 Å². The third kappa shape index (κ3) is 1.65. The molecule has 3 nitrogen and oxygen atoms in total. The van der Waals surface area contributed by atoms with E-state index in [-0.39, 0.29) is 11.3 Å². The van der Waals surface area contributed by atoms with Gasteiger partial charge in [0.1, 0.15) is 0 Å². The Bertz CT molecular complexity index is 311. The van der Waals surface area contributed by atoms with Gasteiger partial charge in [0.25, 0.3) is 0 Å². The van der Waals surface area contributed by atoms with E-state index in [1.165, 1.54) is 19.3 Å². The summed E-state index contributed by atoms with van der Waals surface area (Å²) < 4.78 is 0. The fraction of sp³-hybridized carbons (Fsp3) is 0.923. The van der Waals surface area contributed by atoms with Crippen LogP contribution >= 0.6 is 0 Å². The average Bonchev–Trinajstić information content (AvgIpc) is 2.90. The normalized spacial score (nSPS) is 43.4. The minimum atomic E-state index is -0.0199. The number of amides is 1. The first-order valence-corrected chi connectivity index (χ1v) is 6.62. The van der Waals surface area contributed by atoms with E-state index in [0.717, 1.165) is 31.2 Å². The molecule has 0 aromatic rings. The number of carbonyl (C=O) groups is 1. The zero-order valence-electron chi connectivity index (χ0n) is 10.0. The second-order valence-corrected chi connectivity index (χ2v) is 6.43. The van der Waals surface area contributed by atoms with Gasteiger partial charge in [0.05, 0.1) is 0 Å². The number of nitrogens with two attached hydrogens (primary N) is 1. The highest BCUT2D eigenvalue weighted by atomic mass is 16.2. The van der Waals surface area contributed by atoms with Crippen LogP contribution in [-0.4, -0.2) is 18.5 Å². The third-order valence-corrected chi connectivity index (χ3v) is 5.07. The van der Waals surface area contributed by atoms with Gasteiger partial charge in [-0.15, -0.1) is 0 Å². The van der Waals surface area contributed by atoms with Gasteiger partial charge in [0.2, 0.25) is 5.91 Å². The van der Waals surface area contributed by atoms with Crippen molar-refractivity contribution in [3.05, 3.63) is 0 Å². The van der Waals surface area contributed by atoms with Crippen LogP contribution in [0, 0.1) is 23.2 Å². The van der Waals surface area contributed by atoms with Crippen molar-refractivity contribution in [2.45, 2.75) is 45.1 Å². The molecule has 3 heteroatoms. The van der Waals surface area contributed by atoms with Crippen LogP contribution in [0.15, 0.2) is 0 Å². The summed E-state index contributed by atoms with van der Waals surface area (Å²) in [6.45, 7) is 2.95. The van der Waals surface area contributed by atoms with Crippen LogP contribution in [0.5, 0.6) is 0 Å². The minimum absolute atomic E-state index is 0.0199. The molecule has 3 N–H and O–H groups in total. The first kappa shape index (κ1) is 10.6. The van der Waals surface area contributed by atoms with Gasteiger partial charge >= 0.3 is 0 Å². The molecule has 16 heavy (non-hydrogen) atoms. The van der Waals surface area contributed by atoms with Crippen LogP contribution in [0.2, 0.25) is 0 Å². The minimum Gasteiger partial charge on any atom is -0.355 e. The van der Waals surface area contributed by atoms with Crippen LogP contribution in [0.25, 0.3) is 0 Å². The highest BCUT2D eigenvalue weighted by Crippen LogP contribution is 2.49. The maximum absolute atomic E-state index is 11.8. The molecule has 1 amide bonds. The van der Waals surface area contributed by atoms with Crippen molar-refractivity contribution in [1.82, 2.24) is 5.32 Å². The van der Waals surface area contributed by atoms with Gasteiger partial charge in [-0.2, -0.15) is 0 Å². The molecular weight excluding hydrogens is 200 g/mol. The second kappa shape index (κ2) is 3.46. The molecule has 90 valence electrons. The fourth-order valence-electron chi connectivity index (χ4n) is 3.43. The van der Waals surface area contributed by atoms with Crippen molar-refractivity contribution < 1.29 is 4.79 Å². The Balaban J connectivity index is 1.45. The Labute approximate surface area is 97.2 Å². The molecule has 0 aliphatic heterocycles. The number of rotatable bonds is 3. The van der Waals surface area contributed by atoms with Crippen molar-refractivity contribution in [1.29, 1.82) is 0 Å². The van der Waals surface area contributed by atoms with Crippen LogP contribution in [0.1, 0.15) is 39.0 Å². The topological polar surface area (TPSA) is 55.1 Å². The van der Waals surface area contributed by atoms with Gasteiger partial charge in [0, 0.05) is 18.0 Å². The zero-order chi connectivity index (χ0) is 11.3. The SMILES string of the molecule is CC1(C(=O)NCC2CC3CC(N)C3C2)CC1. The Morgan fingerprint density at radius 3 is 2.69 bits per heavy atom. The Morgan fingerprint density at radius 1 is 1.38 bits per heavy atom. The molecule has 0 aromatic carbocycles. The predicted octanol–water partition coefficient (Wildman–Crippen LogP) is 1.28. The largest absolute Gasteiger partial charge is 0.355 e. The Kier molecular flexibility index (Phi) is 2.29. The van der Waals surface area contributed by atoms with E-state index in [1.807, 2.05) is 0 Å². The quantitative estimate of drug-likeness (QED) is 0.755. The molecule has 0 heterocycles. The van der Waals surface area contributed by atoms with E-state index >= 15 is 0 Å². The molecular formula is C13H22N2O. The summed E-state index contributed by atoms with van der Waals surface area (Å²) in [5.74, 6) is 2.60. The first-order valence-electron chi connectivity index (χ1n) is 6.62. The van der Waals surface area contributed by atoms with Gasteiger partial charge in [0.15, 0.2) is 0 Å². The first-order chi connectivity index (χ1) is 7.58. The van der Waals surface area contributed by atoms with Crippen molar-refractivity contribution in [3.63, 3.8) is 0 Å². The van der Waals surface area contributed by atoms with Crippen molar-refractivity contribution in [2.24, 2.45) is 28.9 Å². The lowest BCUT2D eigenvalue weighted by Crippen LogP contribution is -2.44. The van der Waals surface area contributed by atoms with E-state index in [4.69, 9.17) is 5.73 Å². The van der Waals surface area contributed by atoms with E-state index in [0.29, 0.717) is 12.0 Å². The molecule has 0 aromatic heterocycles. The summed E-state index contributed by atoms with van der Waals surface area (Å²) in [6, 6.07) is 0.451. The molecule has 0 spiro atoms. The van der Waals surface area contributed by atoms with Crippen molar-refractivity contribution >= 4 is 5.91 Å². The average molecular weight is 222 g/mol. The molecule has 4 unspecified atom stereocenters. The zero-order valence-corrected chi connectivity index (χ0v) is 10.0. The highest BCUT2D eigenvalue weighted by molar-refractivity contribution is 5.84. The number of fused-ring (bicyclic) bond motifs is 1. The van der Waals surface area contributed by atoms with Gasteiger partial charge < -0.3 is 11.1 Å². The summed E-state index contributed by atoms with van der Waals surface area (Å²) in [6.07, 6.45) is 5.88. The van der Waals surface area contributed by atoms with Crippen molar-refractivity contribution in [3.8, 4) is 0 Å². The summed E-state index contributed by atoms with van der Waals surface area (Å²) in [5.41, 5.74) is 5.95. The lowest BCUT2D eigenvalue weighted by atomic mass is 9.72. The number of nitrogens with one attached hydrogen (secondary N) is 1. The van der Waals surface area contributed by atoms with E-state index in [1.54, 1.807) is 0 Å². The summed E-state index contributed by atoms with van der Waals surface area (Å²) in [5, 5.41) is 3.13. The number of hydrogen-bond acceptors (Lipinski definition) is 2. The van der Waals surface area contributed by atoms with Gasteiger partial charge in [-0.3, -0.25) is 4.79 Å². The highest BCUT2D eigenvalue weighted by Gasteiger charge is 2.47. The molecule has 3 aliphatic carbocycles. The predicted molar refractivity (Wildman–Crippen MR) is 62.6 cm³/mol. The Hall–Kier alpha value is -0.570. The van der Waals surface area contributed by atoms with Gasteiger partial charge in [-0.05, 0) is 49.9 Å². The summed E-state index contributed by atoms with van der Waals surface area (Å²) in [7, 11) is 0. The molecule has 0 bridgehead atoms. The van der Waals surface area contributed by atoms with Gasteiger partial charge in [-0.25, -0.2) is 0 Å². The molecule has 3 aliphatic rings. The van der Waals surface area contributed by atoms with E-state index in [9.17, 15) is 4.79 Å². The molecule has 0 radical (unpaired) electrons. The molecule has 3 saturated carbocycles. The Morgan fingerprint density at radius 2 is 2.12 bits per heavy atom. The maximum Gasteiger partial charge on any atom is 0.225 e. The third-order valence-electron chi connectivity index (χ3n) is 5.07. The lowest BCUT2D eigenvalue weighted by Gasteiger charge is -2.37. The lowest BCUT2D eigenvalue weighted by molar-refractivity contribution is -0.125. The standard InChI is InChI=1S/C13H22N2O/c1-13(2-3-13)12(16)15-7-8-4-9-6-11(14)10(9)5-8/h8-11H,2-7,14H2,1H3,(H,15,16). The molecule has 3 fully saturated rings. The van der Waals surface area contributed by atoms with Gasteiger partial charge in [-0.1, -0.05) is 6.92 Å². The maximum atomic E-state index is 11.8. The van der Waals surface area contributed by atoms with E-state index in [2.05, 4.69) is 12.2 Å². The summed E-state index contributed by atoms with van der Waals surface area (Å²) >= 11 is 0. The van der Waals surface area contributed by atoms with Crippen molar-refractivity contribution in [2.75, 3.05) is 6.54 Å². The summed E-state index contributed by atoms with van der Waals surface area (Å²) in [4.78, 5) is 11.8. The van der Waals surface area contributed by atoms with Crippen LogP contribution in [0.4, 0.5) is 0 Å². The fourth-order valence-corrected chi connectivity index (χ4v) is 3.43. The number of carbonyl (C=O) groups excluding carboxylic acids is 1. The number of hydrogen-bond donors (Lipinski definition) is 2. The molecule has 0 saturated heterocycles. The van der Waals surface area contributed by atoms with Crippen LogP contribution in [0.3, 0.4) is 0 Å². The molecule has 4 atom stereocenters. The molecule has 3 rings (SSSR count). The monoisotopic (exact) mass is 222 g/mol. The van der Waals surface area contributed by atoms with E-state index < -0.39 is 0 Å². The second-order valence-electron chi connectivity index (χ2n) is 6.43. The van der Waals surface area contributed by atoms with Crippen LogP contribution < -0.4 is 11.1 Å².